The zero-order chi connectivity index (χ0) is 15.0. The highest BCUT2D eigenvalue weighted by molar-refractivity contribution is 5.98. The number of nitrogens with one attached hydrogen (secondary N) is 1. The van der Waals surface area contributed by atoms with E-state index in [9.17, 15) is 4.79 Å². The van der Waals surface area contributed by atoms with Gasteiger partial charge in [0, 0.05) is 25.3 Å². The highest BCUT2D eigenvalue weighted by Crippen LogP contribution is 2.16. The second-order valence-electron chi connectivity index (χ2n) is 4.83. The van der Waals surface area contributed by atoms with Crippen LogP contribution in [0.2, 0.25) is 0 Å². The van der Waals surface area contributed by atoms with Crippen LogP contribution in [0, 0.1) is 11.3 Å². The maximum Gasteiger partial charge on any atom is 0.257 e. The Kier molecular flexibility index (Phi) is 6.51. The van der Waals surface area contributed by atoms with Crippen molar-refractivity contribution in [3.63, 3.8) is 0 Å². The molecule has 1 rings (SSSR count). The normalized spacial score (nSPS) is 10.2. The molecule has 5 heteroatoms. The lowest BCUT2D eigenvalue weighted by molar-refractivity contribution is 0.0711. The molecule has 20 heavy (non-hydrogen) atoms. The van der Waals surface area contributed by atoms with Gasteiger partial charge in [-0.25, -0.2) is 4.98 Å². The van der Waals surface area contributed by atoms with Gasteiger partial charge in [-0.3, -0.25) is 4.79 Å². The van der Waals surface area contributed by atoms with E-state index >= 15 is 0 Å². The van der Waals surface area contributed by atoms with E-state index in [0.29, 0.717) is 24.3 Å². The third-order valence-corrected chi connectivity index (χ3v) is 2.93. The van der Waals surface area contributed by atoms with E-state index in [1.807, 2.05) is 13.8 Å². The van der Waals surface area contributed by atoms with Crippen LogP contribution in [-0.2, 0) is 0 Å². The predicted octanol–water partition coefficient (Wildman–Crippen LogP) is 2.67. The van der Waals surface area contributed by atoms with E-state index < -0.39 is 0 Å². The van der Waals surface area contributed by atoms with E-state index in [1.54, 1.807) is 23.2 Å². The quantitative estimate of drug-likeness (QED) is 0.830. The molecule has 1 aromatic rings. The zero-order valence-corrected chi connectivity index (χ0v) is 12.4. The Bertz CT molecular complexity index is 479. The Morgan fingerprint density at radius 3 is 2.90 bits per heavy atom. The minimum Gasteiger partial charge on any atom is -0.369 e. The molecular formula is C15H22N4O. The van der Waals surface area contributed by atoms with Crippen LogP contribution in [0.1, 0.15) is 44.0 Å². The minimum absolute atomic E-state index is 0.0510. The van der Waals surface area contributed by atoms with Crippen molar-refractivity contribution in [3.05, 3.63) is 23.9 Å². The highest BCUT2D eigenvalue weighted by Gasteiger charge is 2.21. The van der Waals surface area contributed by atoms with Gasteiger partial charge >= 0.3 is 0 Å². The molecule has 0 aliphatic rings. The van der Waals surface area contributed by atoms with E-state index in [4.69, 9.17) is 5.26 Å². The van der Waals surface area contributed by atoms with Gasteiger partial charge in [0.15, 0.2) is 0 Å². The van der Waals surface area contributed by atoms with Gasteiger partial charge in [-0.1, -0.05) is 6.92 Å². The van der Waals surface area contributed by atoms with Crippen LogP contribution in [0.5, 0.6) is 0 Å². The molecule has 1 N–H and O–H groups in total. The lowest BCUT2D eigenvalue weighted by Gasteiger charge is -2.26. The van der Waals surface area contributed by atoms with Crippen LogP contribution in [0.4, 0.5) is 5.82 Å². The molecule has 1 amide bonds. The van der Waals surface area contributed by atoms with Gasteiger partial charge in [0.1, 0.15) is 5.82 Å². The number of aromatic nitrogens is 1. The number of carbonyl (C=O) groups excluding carboxylic acids is 1. The first-order valence-electron chi connectivity index (χ1n) is 6.98. The number of rotatable bonds is 7. The Balaban J connectivity index is 2.96. The standard InChI is InChI=1S/C15H22N4O/c1-4-9-17-14-13(7-5-10-18-14)15(20)19(12(2)3)11-6-8-16/h5,7,10,12H,4,6,9,11H2,1-3H3,(H,17,18). The molecule has 0 aliphatic heterocycles. The molecule has 0 atom stereocenters. The molecule has 0 bridgehead atoms. The van der Waals surface area contributed by atoms with Gasteiger partial charge < -0.3 is 10.2 Å². The highest BCUT2D eigenvalue weighted by atomic mass is 16.2. The molecule has 1 aromatic heterocycles. The molecule has 0 saturated carbocycles. The minimum atomic E-state index is -0.0815. The van der Waals surface area contributed by atoms with Gasteiger partial charge in [-0.2, -0.15) is 5.26 Å². The lowest BCUT2D eigenvalue weighted by atomic mass is 10.2. The number of hydrogen-bond donors (Lipinski definition) is 1. The maximum atomic E-state index is 12.6. The fourth-order valence-corrected chi connectivity index (χ4v) is 1.88. The molecule has 0 unspecified atom stereocenters. The van der Waals surface area contributed by atoms with Crippen LogP contribution < -0.4 is 5.32 Å². The first kappa shape index (κ1) is 16.0. The summed E-state index contributed by atoms with van der Waals surface area (Å²) >= 11 is 0. The number of carbonyl (C=O) groups is 1. The van der Waals surface area contributed by atoms with E-state index in [1.165, 1.54) is 0 Å². The van der Waals surface area contributed by atoms with Gasteiger partial charge in [0.25, 0.3) is 5.91 Å². The van der Waals surface area contributed by atoms with E-state index in [0.717, 1.165) is 13.0 Å². The topological polar surface area (TPSA) is 69.0 Å². The van der Waals surface area contributed by atoms with Crippen molar-refractivity contribution in [3.8, 4) is 6.07 Å². The molecule has 0 aliphatic carbocycles. The summed E-state index contributed by atoms with van der Waals surface area (Å²) in [7, 11) is 0. The van der Waals surface area contributed by atoms with Crippen molar-refractivity contribution < 1.29 is 4.79 Å². The molecule has 0 saturated heterocycles. The summed E-state index contributed by atoms with van der Waals surface area (Å²) in [6, 6.07) is 5.66. The van der Waals surface area contributed by atoms with Crippen molar-refractivity contribution >= 4 is 11.7 Å². The second kappa shape index (κ2) is 8.16. The summed E-state index contributed by atoms with van der Waals surface area (Å²) in [5.74, 6) is 0.531. The monoisotopic (exact) mass is 274 g/mol. The molecule has 0 aromatic carbocycles. The number of anilines is 1. The number of nitriles is 1. The van der Waals surface area contributed by atoms with Gasteiger partial charge in [0.2, 0.25) is 0 Å². The van der Waals surface area contributed by atoms with Crippen molar-refractivity contribution in [2.75, 3.05) is 18.4 Å². The largest absolute Gasteiger partial charge is 0.369 e. The summed E-state index contributed by atoms with van der Waals surface area (Å²) in [5.41, 5.74) is 0.563. The predicted molar refractivity (Wildman–Crippen MR) is 79.4 cm³/mol. The number of hydrogen-bond acceptors (Lipinski definition) is 4. The molecule has 108 valence electrons. The summed E-state index contributed by atoms with van der Waals surface area (Å²) in [5, 5.41) is 11.9. The fraction of sp³-hybridized carbons (Fsp3) is 0.533. The summed E-state index contributed by atoms with van der Waals surface area (Å²) in [6.07, 6.45) is 2.97. The van der Waals surface area contributed by atoms with Crippen molar-refractivity contribution in [1.29, 1.82) is 5.26 Å². The smallest absolute Gasteiger partial charge is 0.257 e. The molecule has 0 radical (unpaired) electrons. The third-order valence-electron chi connectivity index (χ3n) is 2.93. The van der Waals surface area contributed by atoms with Crippen molar-refractivity contribution in [1.82, 2.24) is 9.88 Å². The van der Waals surface area contributed by atoms with Crippen molar-refractivity contribution in [2.24, 2.45) is 0 Å². The third kappa shape index (κ3) is 4.23. The Labute approximate surface area is 120 Å². The van der Waals surface area contributed by atoms with E-state index in [-0.39, 0.29) is 11.9 Å². The molecule has 0 fully saturated rings. The first-order chi connectivity index (χ1) is 9.61. The SMILES string of the molecule is CCCNc1ncccc1C(=O)N(CCC#N)C(C)C. The molecule has 1 heterocycles. The average Bonchev–Trinajstić information content (AvgIpc) is 2.45. The Hall–Kier alpha value is -2.09. The van der Waals surface area contributed by atoms with Crippen LogP contribution in [-0.4, -0.2) is 34.9 Å². The summed E-state index contributed by atoms with van der Waals surface area (Å²) in [4.78, 5) is 18.6. The molecule has 0 spiro atoms. The Morgan fingerprint density at radius 1 is 1.55 bits per heavy atom. The van der Waals surface area contributed by atoms with Gasteiger partial charge in [0.05, 0.1) is 18.1 Å². The van der Waals surface area contributed by atoms with Gasteiger partial charge in [-0.15, -0.1) is 0 Å². The summed E-state index contributed by atoms with van der Waals surface area (Å²) < 4.78 is 0. The van der Waals surface area contributed by atoms with Crippen LogP contribution in [0.3, 0.4) is 0 Å². The molecular weight excluding hydrogens is 252 g/mol. The zero-order valence-electron chi connectivity index (χ0n) is 12.4. The number of nitrogens with zero attached hydrogens (tertiary/aromatic N) is 3. The lowest BCUT2D eigenvalue weighted by Crippen LogP contribution is -2.38. The number of pyridine rings is 1. The van der Waals surface area contributed by atoms with Crippen LogP contribution in [0.15, 0.2) is 18.3 Å². The average molecular weight is 274 g/mol. The maximum absolute atomic E-state index is 12.6. The van der Waals surface area contributed by atoms with Crippen LogP contribution >= 0.6 is 0 Å². The Morgan fingerprint density at radius 2 is 2.30 bits per heavy atom. The molecule has 5 nitrogen and oxygen atoms in total. The summed E-state index contributed by atoms with van der Waals surface area (Å²) in [6.45, 7) is 7.17. The van der Waals surface area contributed by atoms with Gasteiger partial charge in [-0.05, 0) is 32.4 Å². The van der Waals surface area contributed by atoms with Crippen molar-refractivity contribution in [2.45, 2.75) is 39.7 Å². The van der Waals surface area contributed by atoms with E-state index in [2.05, 4.69) is 23.3 Å². The first-order valence-corrected chi connectivity index (χ1v) is 6.98. The fourth-order valence-electron chi connectivity index (χ4n) is 1.88. The number of amides is 1. The van der Waals surface area contributed by atoms with Crippen LogP contribution in [0.25, 0.3) is 0 Å². The second-order valence-corrected chi connectivity index (χ2v) is 4.83.